The summed E-state index contributed by atoms with van der Waals surface area (Å²) in [4.78, 5) is 16.2. The highest BCUT2D eigenvalue weighted by molar-refractivity contribution is 9.09. The van der Waals surface area contributed by atoms with Crippen LogP contribution in [0.2, 0.25) is 0 Å². The number of rotatable bonds is 7. The lowest BCUT2D eigenvalue weighted by molar-refractivity contribution is 0.102. The smallest absolute Gasteiger partial charge is 0.180 e. The van der Waals surface area contributed by atoms with Crippen LogP contribution in [0.1, 0.15) is 90.9 Å². The topological polar surface area (TPSA) is 94.7 Å². The van der Waals surface area contributed by atoms with Gasteiger partial charge in [0.15, 0.2) is 10.9 Å². The minimum atomic E-state index is 0.136. The molecule has 3 aromatic rings. The second-order valence-electron chi connectivity index (χ2n) is 10.9. The van der Waals surface area contributed by atoms with Gasteiger partial charge in [0.2, 0.25) is 0 Å². The number of aromatic nitrogens is 1. The number of ketones is 1. The molecule has 0 atom stereocenters. The van der Waals surface area contributed by atoms with E-state index in [9.17, 15) is 4.79 Å². The van der Waals surface area contributed by atoms with Gasteiger partial charge in [-0.3, -0.25) is 4.79 Å². The van der Waals surface area contributed by atoms with Crippen molar-refractivity contribution in [3.8, 4) is 22.8 Å². The quantitative estimate of drug-likeness (QED) is 0.198. The van der Waals surface area contributed by atoms with Crippen LogP contribution in [0.5, 0.6) is 11.5 Å². The van der Waals surface area contributed by atoms with Crippen molar-refractivity contribution >= 4 is 38.2 Å². The van der Waals surface area contributed by atoms with E-state index < -0.39 is 0 Å². The van der Waals surface area contributed by atoms with Gasteiger partial charge in [-0.15, -0.1) is 11.3 Å². The van der Waals surface area contributed by atoms with Crippen LogP contribution in [0.3, 0.4) is 0 Å². The van der Waals surface area contributed by atoms with Gasteiger partial charge in [-0.05, 0) is 133 Å². The van der Waals surface area contributed by atoms with Gasteiger partial charge < -0.3 is 20.3 Å². The highest BCUT2D eigenvalue weighted by Crippen LogP contribution is 2.34. The van der Waals surface area contributed by atoms with Gasteiger partial charge in [0.25, 0.3) is 0 Å². The first-order valence-electron chi connectivity index (χ1n) is 14.6. The van der Waals surface area contributed by atoms with Crippen LogP contribution in [0.25, 0.3) is 11.3 Å². The highest BCUT2D eigenvalue weighted by atomic mass is 79.9. The van der Waals surface area contributed by atoms with Gasteiger partial charge >= 0.3 is 0 Å². The van der Waals surface area contributed by atoms with Crippen LogP contribution in [-0.4, -0.2) is 40.0 Å². The maximum atomic E-state index is 11.8. The lowest BCUT2D eigenvalue weighted by atomic mass is 9.99. The molecular formula is C33H45BrN2O4S. The molecule has 8 heteroatoms. The largest absolute Gasteiger partial charge is 0.490 e. The van der Waals surface area contributed by atoms with Crippen LogP contribution in [0, 0.1) is 27.7 Å². The number of alkyl halides is 1. The minimum absolute atomic E-state index is 0.136. The third kappa shape index (κ3) is 9.55. The molecule has 2 fully saturated rings. The number of thiazole rings is 1. The molecule has 2 aliphatic carbocycles. The van der Waals surface area contributed by atoms with E-state index >= 15 is 0 Å². The molecule has 0 unspecified atom stereocenters. The molecule has 0 amide bonds. The number of aliphatic hydroxyl groups excluding tert-OH is 1. The minimum Gasteiger partial charge on any atom is -0.490 e. The number of anilines is 1. The zero-order valence-electron chi connectivity index (χ0n) is 25.1. The molecule has 1 aromatic heterocycles. The lowest BCUT2D eigenvalue weighted by Gasteiger charge is -2.16. The Morgan fingerprint density at radius 2 is 1.32 bits per heavy atom. The Bertz CT molecular complexity index is 1230. The zero-order valence-corrected chi connectivity index (χ0v) is 27.5. The summed E-state index contributed by atoms with van der Waals surface area (Å²) < 4.78 is 12.1. The van der Waals surface area contributed by atoms with Gasteiger partial charge in [0.1, 0.15) is 11.5 Å². The fourth-order valence-corrected chi connectivity index (χ4v) is 6.53. The number of carbonyl (C=O) groups is 1. The van der Waals surface area contributed by atoms with E-state index in [1.807, 2.05) is 31.4 Å². The Hall–Kier alpha value is -2.42. The Balaban J connectivity index is 0.000000207. The number of benzene rings is 2. The van der Waals surface area contributed by atoms with E-state index in [-0.39, 0.29) is 12.4 Å². The van der Waals surface area contributed by atoms with Gasteiger partial charge in [0.05, 0.1) is 23.2 Å². The van der Waals surface area contributed by atoms with Crippen LogP contribution in [0.4, 0.5) is 5.13 Å². The SMILES string of the molecule is CCO.Cc1cc(OC2CCCC2)cc(C)c1-c1csc(N)n1.Cc1cc(OC2CCCC2)cc(C)c1C(=O)CBr. The number of aryl methyl sites for hydroxylation is 4. The van der Waals surface area contributed by atoms with Crippen molar-refractivity contribution < 1.29 is 19.4 Å². The van der Waals surface area contributed by atoms with Gasteiger partial charge in [-0.25, -0.2) is 4.98 Å². The summed E-state index contributed by atoms with van der Waals surface area (Å²) in [6.07, 6.45) is 10.5. The van der Waals surface area contributed by atoms with Gasteiger partial charge in [0, 0.05) is 23.1 Å². The predicted octanol–water partition coefficient (Wildman–Crippen LogP) is 8.53. The van der Waals surface area contributed by atoms with E-state index in [0.29, 0.717) is 22.7 Å². The molecular weight excluding hydrogens is 600 g/mol. The molecule has 0 spiro atoms. The standard InChI is InChI=1S/C16H20N2OS.C15H19BrO2.C2H6O/c1-10-7-13(19-12-5-3-4-6-12)8-11(2)15(10)14-9-20-16(17)18-14;1-10-7-13(18-12-5-3-4-6-12)8-11(2)15(10)14(17)9-16;1-2-3/h7-9,12H,3-6H2,1-2H3,(H2,17,18);7-8,12H,3-6,9H2,1-2H3;3H,2H2,1H3. The number of aliphatic hydroxyl groups is 1. The molecule has 1 heterocycles. The summed E-state index contributed by atoms with van der Waals surface area (Å²) in [5, 5.41) is 10.6. The Kier molecular flexibility index (Phi) is 13.1. The summed E-state index contributed by atoms with van der Waals surface area (Å²) >= 11 is 4.71. The molecule has 2 aromatic carbocycles. The fourth-order valence-electron chi connectivity index (χ4n) is 5.69. The number of nitrogens with two attached hydrogens (primary N) is 1. The van der Waals surface area contributed by atoms with E-state index in [0.717, 1.165) is 46.7 Å². The molecule has 41 heavy (non-hydrogen) atoms. The second kappa shape index (κ2) is 16.3. The molecule has 0 radical (unpaired) electrons. The van der Waals surface area contributed by atoms with E-state index in [1.54, 1.807) is 6.92 Å². The van der Waals surface area contributed by atoms with Crippen molar-refractivity contribution in [2.24, 2.45) is 0 Å². The highest BCUT2D eigenvalue weighted by Gasteiger charge is 2.19. The molecule has 2 saturated carbocycles. The molecule has 0 bridgehead atoms. The Labute approximate surface area is 257 Å². The average Bonchev–Trinajstić information content (AvgIpc) is 3.69. The molecule has 3 N–H and O–H groups in total. The van der Waals surface area contributed by atoms with Crippen molar-refractivity contribution in [3.63, 3.8) is 0 Å². The van der Waals surface area contributed by atoms with Gasteiger partial charge in [-0.1, -0.05) is 15.9 Å². The molecule has 224 valence electrons. The summed E-state index contributed by atoms with van der Waals surface area (Å²) in [5.74, 6) is 2.03. The number of ether oxygens (including phenoxy) is 2. The summed E-state index contributed by atoms with van der Waals surface area (Å²) in [6, 6.07) is 8.22. The normalized spacial score (nSPS) is 15.1. The van der Waals surface area contributed by atoms with Crippen LogP contribution < -0.4 is 15.2 Å². The van der Waals surface area contributed by atoms with Crippen molar-refractivity contribution in [2.75, 3.05) is 17.7 Å². The van der Waals surface area contributed by atoms with Crippen LogP contribution >= 0.6 is 27.3 Å². The first-order valence-corrected chi connectivity index (χ1v) is 16.6. The zero-order chi connectivity index (χ0) is 29.9. The molecule has 5 rings (SSSR count). The third-order valence-electron chi connectivity index (χ3n) is 7.40. The van der Waals surface area contributed by atoms with Crippen molar-refractivity contribution in [1.82, 2.24) is 4.98 Å². The summed E-state index contributed by atoms with van der Waals surface area (Å²) in [6.45, 7) is 10.1. The number of Topliss-reactive ketones (excluding diaryl/α,β-unsaturated/α-hetero) is 1. The first-order chi connectivity index (χ1) is 19.7. The number of hydrogen-bond donors (Lipinski definition) is 2. The number of nitrogen functional groups attached to an aromatic ring is 1. The fraction of sp³-hybridized carbons (Fsp3) is 0.515. The number of carbonyl (C=O) groups excluding carboxylic acids is 1. The van der Waals surface area contributed by atoms with E-state index in [4.69, 9.17) is 20.3 Å². The average molecular weight is 646 g/mol. The van der Waals surface area contributed by atoms with Gasteiger partial charge in [-0.2, -0.15) is 0 Å². The summed E-state index contributed by atoms with van der Waals surface area (Å²) in [7, 11) is 0. The number of nitrogens with zero attached hydrogens (tertiary/aromatic N) is 1. The maximum Gasteiger partial charge on any atom is 0.180 e. The van der Waals surface area contributed by atoms with Crippen molar-refractivity contribution in [1.29, 1.82) is 0 Å². The number of hydrogen-bond acceptors (Lipinski definition) is 7. The van der Waals surface area contributed by atoms with Crippen molar-refractivity contribution in [2.45, 2.75) is 98.2 Å². The molecule has 6 nitrogen and oxygen atoms in total. The second-order valence-corrected chi connectivity index (χ2v) is 12.3. The first kappa shape index (κ1) is 33.1. The van der Waals surface area contributed by atoms with Crippen LogP contribution in [0.15, 0.2) is 29.6 Å². The monoisotopic (exact) mass is 644 g/mol. The summed E-state index contributed by atoms with van der Waals surface area (Å²) in [5.41, 5.74) is 13.1. The number of halogens is 1. The van der Waals surface area contributed by atoms with E-state index in [1.165, 1.54) is 66.6 Å². The molecule has 2 aliphatic rings. The lowest BCUT2D eigenvalue weighted by Crippen LogP contribution is -2.12. The predicted molar refractivity (Wildman–Crippen MR) is 174 cm³/mol. The van der Waals surface area contributed by atoms with Crippen molar-refractivity contribution in [3.05, 3.63) is 57.5 Å². The Morgan fingerprint density at radius 3 is 1.68 bits per heavy atom. The Morgan fingerprint density at radius 1 is 0.902 bits per heavy atom. The molecule has 0 aliphatic heterocycles. The maximum absolute atomic E-state index is 11.8. The van der Waals surface area contributed by atoms with Crippen LogP contribution in [-0.2, 0) is 0 Å². The third-order valence-corrected chi connectivity index (χ3v) is 8.58. The molecule has 0 saturated heterocycles. The van der Waals surface area contributed by atoms with E-state index in [2.05, 4.69) is 46.9 Å².